The van der Waals surface area contributed by atoms with Gasteiger partial charge in [0.15, 0.2) is 0 Å². The van der Waals surface area contributed by atoms with E-state index in [-0.39, 0.29) is 17.5 Å². The molecule has 3 heterocycles. The van der Waals surface area contributed by atoms with Crippen LogP contribution >= 0.6 is 0 Å². The Labute approximate surface area is 202 Å². The summed E-state index contributed by atoms with van der Waals surface area (Å²) in [6, 6.07) is 13.0. The van der Waals surface area contributed by atoms with Crippen LogP contribution in [0, 0.1) is 5.82 Å². The Morgan fingerprint density at radius 2 is 1.86 bits per heavy atom. The fraction of sp³-hybridized carbons (Fsp3) is 0.375. The fourth-order valence-corrected chi connectivity index (χ4v) is 4.04. The molecule has 11 heteroatoms. The molecule has 2 aliphatic heterocycles. The zero-order valence-corrected chi connectivity index (χ0v) is 19.6. The fourth-order valence-electron chi connectivity index (χ4n) is 4.04. The van der Waals surface area contributed by atoms with Crippen molar-refractivity contribution in [3.8, 4) is 0 Å². The molecule has 1 aromatic heterocycles. The van der Waals surface area contributed by atoms with Crippen molar-refractivity contribution in [2.24, 2.45) is 5.73 Å². The highest BCUT2D eigenvalue weighted by Gasteiger charge is 2.23. The van der Waals surface area contributed by atoms with Gasteiger partial charge in [0, 0.05) is 32.2 Å². The molecular formula is C24H28FN7O3. The highest BCUT2D eigenvalue weighted by atomic mass is 19.1. The maximum absolute atomic E-state index is 14.3. The van der Waals surface area contributed by atoms with E-state index in [0.717, 1.165) is 29.7 Å². The zero-order chi connectivity index (χ0) is 24.8. The van der Waals surface area contributed by atoms with Gasteiger partial charge in [-0.3, -0.25) is 9.59 Å². The molecule has 0 radical (unpaired) electrons. The highest BCUT2D eigenvalue weighted by molar-refractivity contribution is 5.95. The molecule has 0 unspecified atom stereocenters. The maximum Gasteiger partial charge on any atom is 0.290 e. The summed E-state index contributed by atoms with van der Waals surface area (Å²) in [5.74, 6) is -0.836. The van der Waals surface area contributed by atoms with E-state index < -0.39 is 5.91 Å². The van der Waals surface area contributed by atoms with Crippen LogP contribution in [0.1, 0.15) is 34.6 Å². The molecule has 35 heavy (non-hydrogen) atoms. The van der Waals surface area contributed by atoms with Gasteiger partial charge in [0.05, 0.1) is 25.4 Å². The largest absolute Gasteiger partial charge is 0.378 e. The number of anilines is 2. The second-order valence-electron chi connectivity index (χ2n) is 8.33. The number of tetrazole rings is 1. The topological polar surface area (TPSA) is 119 Å². The van der Waals surface area contributed by atoms with E-state index in [0.29, 0.717) is 45.0 Å². The number of nitrogens with two attached hydrogens (primary N) is 1. The van der Waals surface area contributed by atoms with Crippen molar-refractivity contribution in [1.82, 2.24) is 20.2 Å². The van der Waals surface area contributed by atoms with E-state index >= 15 is 0 Å². The number of amides is 2. The van der Waals surface area contributed by atoms with Gasteiger partial charge in [-0.25, -0.2) is 4.39 Å². The first-order valence-electron chi connectivity index (χ1n) is 11.5. The number of aromatic nitrogens is 4. The molecule has 0 bridgehead atoms. The van der Waals surface area contributed by atoms with Gasteiger partial charge >= 0.3 is 0 Å². The number of carbonyl (C=O) groups is 2. The number of benzene rings is 2. The van der Waals surface area contributed by atoms with Gasteiger partial charge in [-0.2, -0.15) is 4.80 Å². The molecule has 2 aromatic carbocycles. The predicted octanol–water partition coefficient (Wildman–Crippen LogP) is 1.78. The lowest BCUT2D eigenvalue weighted by molar-refractivity contribution is -0.118. The summed E-state index contributed by atoms with van der Waals surface area (Å²) in [7, 11) is 1.77. The number of carbonyl (C=O) groups excluding carboxylic acids is 2. The third kappa shape index (κ3) is 5.99. The van der Waals surface area contributed by atoms with Gasteiger partial charge in [-0.05, 0) is 41.3 Å². The van der Waals surface area contributed by atoms with Crippen molar-refractivity contribution in [2.45, 2.75) is 25.8 Å². The summed E-state index contributed by atoms with van der Waals surface area (Å²) in [4.78, 5) is 27.6. The van der Waals surface area contributed by atoms with E-state index in [4.69, 9.17) is 10.5 Å². The normalized spacial score (nSPS) is 15.7. The van der Waals surface area contributed by atoms with Crippen LogP contribution in [0.2, 0.25) is 0 Å². The van der Waals surface area contributed by atoms with Crippen molar-refractivity contribution in [1.29, 1.82) is 0 Å². The molecule has 2 amide bonds. The molecule has 3 aromatic rings. The summed E-state index contributed by atoms with van der Waals surface area (Å²) in [5.41, 5.74) is 8.38. The number of primary amides is 1. The molecule has 0 aliphatic carbocycles. The molecule has 10 nitrogen and oxygen atoms in total. The Kier molecular flexibility index (Phi) is 7.66. The van der Waals surface area contributed by atoms with Gasteiger partial charge in [0.25, 0.3) is 11.7 Å². The molecule has 0 atom stereocenters. The molecule has 1 fully saturated rings. The number of morpholine rings is 1. The van der Waals surface area contributed by atoms with Crippen LogP contribution in [-0.4, -0.2) is 65.4 Å². The first-order valence-corrected chi connectivity index (χ1v) is 11.5. The average molecular weight is 482 g/mol. The number of ether oxygens (including phenoxy) is 1. The van der Waals surface area contributed by atoms with Crippen LogP contribution in [0.5, 0.6) is 0 Å². The summed E-state index contributed by atoms with van der Waals surface area (Å²) >= 11 is 0. The van der Waals surface area contributed by atoms with E-state index in [1.165, 1.54) is 4.80 Å². The first-order chi connectivity index (χ1) is 16.9. The Morgan fingerprint density at radius 1 is 1.11 bits per heavy atom. The molecule has 0 saturated carbocycles. The van der Waals surface area contributed by atoms with E-state index in [1.54, 1.807) is 18.0 Å². The SMILES string of the molecule is CN1C(=O)CCCc2cc(F)c(N3CCOCC3)cc21.NC(=O)c1nnn(Cc2ccccc2)n1. The molecule has 0 spiro atoms. The Balaban J connectivity index is 0.000000172. The van der Waals surface area contributed by atoms with Gasteiger partial charge in [-0.15, -0.1) is 10.2 Å². The third-order valence-corrected chi connectivity index (χ3v) is 5.91. The van der Waals surface area contributed by atoms with E-state index in [9.17, 15) is 14.0 Å². The lowest BCUT2D eigenvalue weighted by Crippen LogP contribution is -2.37. The Bertz CT molecular complexity index is 1180. The summed E-state index contributed by atoms with van der Waals surface area (Å²) in [5, 5.41) is 11.1. The number of fused-ring (bicyclic) bond motifs is 1. The Hall–Kier alpha value is -3.86. The van der Waals surface area contributed by atoms with Gasteiger partial charge in [-0.1, -0.05) is 30.3 Å². The van der Waals surface area contributed by atoms with Crippen LogP contribution in [0.25, 0.3) is 0 Å². The molecular weight excluding hydrogens is 453 g/mol. The maximum atomic E-state index is 14.3. The quantitative estimate of drug-likeness (QED) is 0.603. The number of aryl methyl sites for hydroxylation is 1. The smallest absolute Gasteiger partial charge is 0.290 e. The van der Waals surface area contributed by atoms with Gasteiger partial charge in [0.1, 0.15) is 5.82 Å². The van der Waals surface area contributed by atoms with Gasteiger partial charge in [0.2, 0.25) is 5.91 Å². The summed E-state index contributed by atoms with van der Waals surface area (Å²) in [6.45, 7) is 3.08. The molecule has 184 valence electrons. The lowest BCUT2D eigenvalue weighted by Gasteiger charge is -2.30. The predicted molar refractivity (Wildman–Crippen MR) is 128 cm³/mol. The minimum atomic E-state index is -0.672. The van der Waals surface area contributed by atoms with Crippen LogP contribution in [0.3, 0.4) is 0 Å². The van der Waals surface area contributed by atoms with Crippen molar-refractivity contribution < 1.29 is 18.7 Å². The zero-order valence-electron chi connectivity index (χ0n) is 19.6. The molecule has 2 N–H and O–H groups in total. The van der Waals surface area contributed by atoms with Crippen molar-refractivity contribution in [2.75, 3.05) is 43.2 Å². The summed E-state index contributed by atoms with van der Waals surface area (Å²) in [6.07, 6.45) is 2.07. The number of hydrogen-bond acceptors (Lipinski definition) is 7. The first kappa shape index (κ1) is 24.3. The Morgan fingerprint density at radius 3 is 2.54 bits per heavy atom. The second-order valence-corrected chi connectivity index (χ2v) is 8.33. The van der Waals surface area contributed by atoms with Crippen molar-refractivity contribution in [3.05, 3.63) is 65.2 Å². The van der Waals surface area contributed by atoms with Crippen LogP contribution < -0.4 is 15.5 Å². The number of halogens is 1. The van der Waals surface area contributed by atoms with Crippen LogP contribution in [-0.2, 0) is 22.5 Å². The van der Waals surface area contributed by atoms with Crippen LogP contribution in [0.15, 0.2) is 42.5 Å². The standard InChI is InChI=1S/C15H19FN2O2.C9H9N5O/c1-17-13-10-14(18-5-7-20-8-6-18)12(16)9-11(13)3-2-4-15(17)19;10-8(15)9-11-13-14(12-9)6-7-4-2-1-3-5-7/h9-10H,2-8H2,1H3;1-5H,6H2,(H2,10,15). The number of rotatable bonds is 4. The average Bonchev–Trinajstić information content (AvgIpc) is 3.29. The summed E-state index contributed by atoms with van der Waals surface area (Å²) < 4.78 is 19.6. The van der Waals surface area contributed by atoms with Crippen molar-refractivity contribution in [3.63, 3.8) is 0 Å². The second kappa shape index (κ2) is 11.0. The minimum Gasteiger partial charge on any atom is -0.378 e. The molecule has 1 saturated heterocycles. The number of hydrogen-bond donors (Lipinski definition) is 1. The van der Waals surface area contributed by atoms with E-state index in [2.05, 4.69) is 15.4 Å². The monoisotopic (exact) mass is 481 g/mol. The van der Waals surface area contributed by atoms with E-state index in [1.807, 2.05) is 41.3 Å². The third-order valence-electron chi connectivity index (χ3n) is 5.91. The van der Waals surface area contributed by atoms with Gasteiger partial charge < -0.3 is 20.3 Å². The lowest BCUT2D eigenvalue weighted by atomic mass is 10.1. The molecule has 5 rings (SSSR count). The minimum absolute atomic E-state index is 0.0640. The molecule has 2 aliphatic rings. The highest BCUT2D eigenvalue weighted by Crippen LogP contribution is 2.33. The van der Waals surface area contributed by atoms with Crippen LogP contribution in [0.4, 0.5) is 15.8 Å². The number of nitrogens with zero attached hydrogens (tertiary/aromatic N) is 6. The van der Waals surface area contributed by atoms with Crippen molar-refractivity contribution >= 4 is 23.2 Å².